The van der Waals surface area contributed by atoms with Crippen LogP contribution in [0.2, 0.25) is 0 Å². The highest BCUT2D eigenvalue weighted by Crippen LogP contribution is 1.99. The molecular formula is C13H13N3O3S. The van der Waals surface area contributed by atoms with Crippen molar-refractivity contribution in [2.75, 3.05) is 0 Å². The highest BCUT2D eigenvalue weighted by molar-refractivity contribution is 7.88. The van der Waals surface area contributed by atoms with E-state index in [-0.39, 0.29) is 12.1 Å². The summed E-state index contributed by atoms with van der Waals surface area (Å²) in [5.41, 5.74) is 0.834. The fourth-order valence-corrected chi connectivity index (χ4v) is 2.25. The molecule has 0 saturated carbocycles. The first-order chi connectivity index (χ1) is 9.57. The molecule has 0 unspecified atom stereocenters. The predicted octanol–water partition coefficient (Wildman–Crippen LogP) is 0.846. The van der Waals surface area contributed by atoms with Gasteiger partial charge in [-0.2, -0.15) is 13.1 Å². The Kier molecular flexibility index (Phi) is 4.44. The van der Waals surface area contributed by atoms with E-state index in [0.717, 1.165) is 0 Å². The van der Waals surface area contributed by atoms with Crippen molar-refractivity contribution in [3.8, 4) is 0 Å². The van der Waals surface area contributed by atoms with Gasteiger partial charge in [-0.25, -0.2) is 4.72 Å². The Hall–Kier alpha value is -2.25. The van der Waals surface area contributed by atoms with Crippen LogP contribution in [0.15, 0.2) is 54.7 Å². The van der Waals surface area contributed by atoms with Gasteiger partial charge in [0.05, 0.1) is 12.2 Å². The van der Waals surface area contributed by atoms with Crippen LogP contribution in [0.4, 0.5) is 0 Å². The fraction of sp³-hybridized carbons (Fsp3) is 0.0769. The molecule has 0 fully saturated rings. The topological polar surface area (TPSA) is 88.2 Å². The number of aromatic nitrogens is 1. The van der Waals surface area contributed by atoms with Gasteiger partial charge in [0.1, 0.15) is 0 Å². The van der Waals surface area contributed by atoms with Gasteiger partial charge in [0.25, 0.3) is 5.91 Å². The van der Waals surface area contributed by atoms with Gasteiger partial charge in [0, 0.05) is 11.8 Å². The number of nitrogens with one attached hydrogen (secondary N) is 2. The van der Waals surface area contributed by atoms with Gasteiger partial charge in [0.2, 0.25) is 0 Å². The molecule has 2 N–H and O–H groups in total. The number of rotatable bonds is 5. The molecule has 0 radical (unpaired) electrons. The maximum Gasteiger partial charge on any atom is 0.301 e. The van der Waals surface area contributed by atoms with Crippen molar-refractivity contribution in [3.63, 3.8) is 0 Å². The SMILES string of the molecule is O=C(NS(=O)(=O)NCc1ccccn1)c1ccccc1. The Bertz CT molecular complexity index is 673. The molecule has 0 atom stereocenters. The fourth-order valence-electron chi connectivity index (χ4n) is 1.48. The normalized spacial score (nSPS) is 11.0. The lowest BCUT2D eigenvalue weighted by Crippen LogP contribution is -2.40. The summed E-state index contributed by atoms with van der Waals surface area (Å²) in [5.74, 6) is -0.681. The summed E-state index contributed by atoms with van der Waals surface area (Å²) in [5, 5.41) is 0. The van der Waals surface area contributed by atoms with E-state index < -0.39 is 16.1 Å². The quantitative estimate of drug-likeness (QED) is 0.854. The lowest BCUT2D eigenvalue weighted by Gasteiger charge is -2.08. The van der Waals surface area contributed by atoms with Crippen LogP contribution in [0, 0.1) is 0 Å². The van der Waals surface area contributed by atoms with Gasteiger partial charge < -0.3 is 0 Å². The van der Waals surface area contributed by atoms with Crippen molar-refractivity contribution in [1.29, 1.82) is 0 Å². The van der Waals surface area contributed by atoms with Crippen molar-refractivity contribution in [3.05, 3.63) is 66.0 Å². The number of hydrogen-bond acceptors (Lipinski definition) is 4. The molecule has 0 bridgehead atoms. The van der Waals surface area contributed by atoms with Crippen molar-refractivity contribution >= 4 is 16.1 Å². The summed E-state index contributed by atoms with van der Waals surface area (Å²) >= 11 is 0. The summed E-state index contributed by atoms with van der Waals surface area (Å²) in [4.78, 5) is 15.7. The minimum absolute atomic E-state index is 0.0121. The average molecular weight is 291 g/mol. The number of carbonyl (C=O) groups is 1. The lowest BCUT2D eigenvalue weighted by molar-refractivity contribution is 0.0981. The zero-order chi connectivity index (χ0) is 14.4. The molecule has 0 spiro atoms. The Labute approximate surface area is 117 Å². The molecular weight excluding hydrogens is 278 g/mol. The summed E-state index contributed by atoms with van der Waals surface area (Å²) in [6, 6.07) is 13.3. The third-order valence-corrected chi connectivity index (χ3v) is 3.41. The van der Waals surface area contributed by atoms with E-state index >= 15 is 0 Å². The van der Waals surface area contributed by atoms with Crippen LogP contribution >= 0.6 is 0 Å². The van der Waals surface area contributed by atoms with Gasteiger partial charge in [-0.05, 0) is 24.3 Å². The van der Waals surface area contributed by atoms with Crippen LogP contribution in [0.1, 0.15) is 16.1 Å². The first-order valence-corrected chi connectivity index (χ1v) is 7.32. The number of hydrogen-bond donors (Lipinski definition) is 2. The summed E-state index contributed by atoms with van der Waals surface area (Å²) in [7, 11) is -3.92. The number of nitrogens with zero attached hydrogens (tertiary/aromatic N) is 1. The number of carbonyl (C=O) groups excluding carboxylic acids is 1. The molecule has 0 aliphatic rings. The molecule has 1 amide bonds. The lowest BCUT2D eigenvalue weighted by atomic mass is 10.2. The highest BCUT2D eigenvalue weighted by atomic mass is 32.2. The standard InChI is InChI=1S/C13H13N3O3S/c17-13(11-6-2-1-3-7-11)16-20(18,19)15-10-12-8-4-5-9-14-12/h1-9,15H,10H2,(H,16,17). The molecule has 7 heteroatoms. The molecule has 20 heavy (non-hydrogen) atoms. The Morgan fingerprint density at radius 1 is 1.05 bits per heavy atom. The summed E-state index contributed by atoms with van der Waals surface area (Å²) in [6.07, 6.45) is 1.56. The third-order valence-electron chi connectivity index (χ3n) is 2.43. The molecule has 2 rings (SSSR count). The monoisotopic (exact) mass is 291 g/mol. The highest BCUT2D eigenvalue weighted by Gasteiger charge is 2.15. The van der Waals surface area contributed by atoms with E-state index in [9.17, 15) is 13.2 Å². The molecule has 1 heterocycles. The van der Waals surface area contributed by atoms with Crippen LogP contribution in [-0.4, -0.2) is 19.3 Å². The number of amides is 1. The van der Waals surface area contributed by atoms with E-state index in [1.54, 1.807) is 42.6 Å². The maximum absolute atomic E-state index is 11.7. The second-order valence-corrected chi connectivity index (χ2v) is 5.44. The van der Waals surface area contributed by atoms with Crippen molar-refractivity contribution < 1.29 is 13.2 Å². The molecule has 0 saturated heterocycles. The van der Waals surface area contributed by atoms with E-state index in [0.29, 0.717) is 5.69 Å². The maximum atomic E-state index is 11.7. The molecule has 0 aliphatic carbocycles. The zero-order valence-corrected chi connectivity index (χ0v) is 11.3. The van der Waals surface area contributed by atoms with Gasteiger partial charge in [-0.15, -0.1) is 0 Å². The minimum atomic E-state index is -3.92. The average Bonchev–Trinajstić information content (AvgIpc) is 2.47. The Morgan fingerprint density at radius 2 is 1.75 bits per heavy atom. The van der Waals surface area contributed by atoms with Crippen LogP contribution in [-0.2, 0) is 16.8 Å². The predicted molar refractivity (Wildman–Crippen MR) is 73.9 cm³/mol. The van der Waals surface area contributed by atoms with E-state index in [1.165, 1.54) is 12.1 Å². The Balaban J connectivity index is 1.96. The van der Waals surface area contributed by atoms with Crippen LogP contribution in [0.25, 0.3) is 0 Å². The van der Waals surface area contributed by atoms with Crippen molar-refractivity contribution in [2.45, 2.75) is 6.54 Å². The van der Waals surface area contributed by atoms with Gasteiger partial charge in [0.15, 0.2) is 0 Å². The van der Waals surface area contributed by atoms with Crippen LogP contribution in [0.5, 0.6) is 0 Å². The molecule has 2 aromatic rings. The number of benzene rings is 1. The van der Waals surface area contributed by atoms with Gasteiger partial charge in [-0.1, -0.05) is 24.3 Å². The summed E-state index contributed by atoms with van der Waals surface area (Å²) in [6.45, 7) is 0.0121. The van der Waals surface area contributed by atoms with E-state index in [1.807, 2.05) is 4.72 Å². The molecule has 1 aromatic carbocycles. The second kappa shape index (κ2) is 6.27. The summed E-state index contributed by atoms with van der Waals surface area (Å²) < 4.78 is 27.6. The first kappa shape index (κ1) is 14.2. The van der Waals surface area contributed by atoms with E-state index in [2.05, 4.69) is 9.71 Å². The van der Waals surface area contributed by atoms with Gasteiger partial charge >= 0.3 is 10.2 Å². The molecule has 104 valence electrons. The number of pyridine rings is 1. The Morgan fingerprint density at radius 3 is 2.40 bits per heavy atom. The zero-order valence-electron chi connectivity index (χ0n) is 10.5. The van der Waals surface area contributed by atoms with Crippen LogP contribution < -0.4 is 9.44 Å². The third kappa shape index (κ3) is 4.15. The van der Waals surface area contributed by atoms with Crippen molar-refractivity contribution in [2.24, 2.45) is 0 Å². The largest absolute Gasteiger partial charge is 0.301 e. The van der Waals surface area contributed by atoms with Gasteiger partial charge in [-0.3, -0.25) is 9.78 Å². The molecule has 0 aliphatic heterocycles. The first-order valence-electron chi connectivity index (χ1n) is 5.83. The van der Waals surface area contributed by atoms with E-state index in [4.69, 9.17) is 0 Å². The second-order valence-electron chi connectivity index (χ2n) is 3.94. The minimum Gasteiger partial charge on any atom is -0.268 e. The van der Waals surface area contributed by atoms with Crippen LogP contribution in [0.3, 0.4) is 0 Å². The molecule has 1 aromatic heterocycles. The smallest absolute Gasteiger partial charge is 0.268 e. The molecule has 6 nitrogen and oxygen atoms in total. The van der Waals surface area contributed by atoms with Crippen molar-refractivity contribution in [1.82, 2.24) is 14.4 Å².